The lowest BCUT2D eigenvalue weighted by atomic mass is 10.1. The van der Waals surface area contributed by atoms with Crippen LogP contribution < -0.4 is 0 Å². The smallest absolute Gasteiger partial charge is 0.137 e. The highest BCUT2D eigenvalue weighted by Crippen LogP contribution is 2.23. The van der Waals surface area contributed by atoms with Gasteiger partial charge in [0.25, 0.3) is 0 Å². The van der Waals surface area contributed by atoms with Crippen LogP contribution in [-0.4, -0.2) is 9.38 Å². The molecule has 3 rings (SSSR count). The van der Waals surface area contributed by atoms with Crippen molar-refractivity contribution >= 4 is 5.65 Å². The van der Waals surface area contributed by atoms with Crippen LogP contribution in [0.25, 0.3) is 16.9 Å². The van der Waals surface area contributed by atoms with E-state index in [-0.39, 0.29) is 0 Å². The number of hydrogen-bond acceptors (Lipinski definition) is 2. The van der Waals surface area contributed by atoms with E-state index in [1.165, 1.54) is 18.3 Å². The summed E-state index contributed by atoms with van der Waals surface area (Å²) >= 11 is 0. The Labute approximate surface area is 107 Å². The largest absolute Gasteiger partial charge is 0.298 e. The zero-order valence-corrected chi connectivity index (χ0v) is 9.64. The molecule has 0 aliphatic rings. The zero-order valence-electron chi connectivity index (χ0n) is 9.64. The van der Waals surface area contributed by atoms with Crippen molar-refractivity contribution in [1.82, 2.24) is 9.38 Å². The summed E-state index contributed by atoms with van der Waals surface area (Å²) in [6.07, 6.45) is 3.10. The number of imidazole rings is 1. The molecule has 5 heteroatoms. The maximum Gasteiger partial charge on any atom is 0.137 e. The van der Waals surface area contributed by atoms with Gasteiger partial charge in [0.1, 0.15) is 23.4 Å². The summed E-state index contributed by atoms with van der Waals surface area (Å²) in [7, 11) is 0. The number of nitriles is 1. The van der Waals surface area contributed by atoms with Crippen molar-refractivity contribution in [2.45, 2.75) is 0 Å². The van der Waals surface area contributed by atoms with Gasteiger partial charge in [-0.05, 0) is 24.3 Å². The summed E-state index contributed by atoms with van der Waals surface area (Å²) in [6, 6.07) is 8.60. The molecule has 1 aromatic carbocycles. The molecule has 0 saturated carbocycles. The Morgan fingerprint density at radius 2 is 1.84 bits per heavy atom. The molecule has 0 unspecified atom stereocenters. The minimum atomic E-state index is -0.651. The number of halogens is 2. The second-order valence-electron chi connectivity index (χ2n) is 4.06. The molecule has 19 heavy (non-hydrogen) atoms. The number of rotatable bonds is 1. The molecular weight excluding hydrogens is 248 g/mol. The standard InChI is InChI=1S/C14H7F2N3/c15-11-3-10(4-12(16)5-11)13-7-18-14-2-1-9(6-17)8-19(13)14/h1-5,7-8H. The Bertz CT molecular complexity index is 795. The normalized spacial score (nSPS) is 10.6. The minimum Gasteiger partial charge on any atom is -0.298 e. The van der Waals surface area contributed by atoms with Gasteiger partial charge in [-0.15, -0.1) is 0 Å². The first-order chi connectivity index (χ1) is 9.17. The van der Waals surface area contributed by atoms with Gasteiger partial charge in [-0.2, -0.15) is 5.26 Å². The molecule has 0 aliphatic carbocycles. The molecule has 0 N–H and O–H groups in total. The number of hydrogen-bond donors (Lipinski definition) is 0. The first-order valence-corrected chi connectivity index (χ1v) is 5.51. The Hall–Kier alpha value is -2.74. The number of fused-ring (bicyclic) bond motifs is 1. The number of nitrogens with zero attached hydrogens (tertiary/aromatic N) is 3. The molecular formula is C14H7F2N3. The number of benzene rings is 1. The highest BCUT2D eigenvalue weighted by molar-refractivity contribution is 5.64. The third-order valence-electron chi connectivity index (χ3n) is 2.79. The lowest BCUT2D eigenvalue weighted by molar-refractivity contribution is 0.584. The second-order valence-corrected chi connectivity index (χ2v) is 4.06. The van der Waals surface area contributed by atoms with Crippen molar-refractivity contribution < 1.29 is 8.78 Å². The van der Waals surface area contributed by atoms with E-state index in [9.17, 15) is 8.78 Å². The average Bonchev–Trinajstić information content (AvgIpc) is 2.80. The molecule has 0 bridgehead atoms. The van der Waals surface area contributed by atoms with Crippen molar-refractivity contribution in [2.75, 3.05) is 0 Å². The fraction of sp³-hybridized carbons (Fsp3) is 0. The van der Waals surface area contributed by atoms with Gasteiger partial charge in [-0.1, -0.05) is 0 Å². The van der Waals surface area contributed by atoms with E-state index >= 15 is 0 Å². The van der Waals surface area contributed by atoms with Crippen LogP contribution in [0, 0.1) is 23.0 Å². The van der Waals surface area contributed by atoms with E-state index in [4.69, 9.17) is 5.26 Å². The molecule has 0 fully saturated rings. The zero-order chi connectivity index (χ0) is 13.4. The molecule has 0 radical (unpaired) electrons. The van der Waals surface area contributed by atoms with Crippen LogP contribution in [0.5, 0.6) is 0 Å². The Kier molecular flexibility index (Phi) is 2.50. The second kappa shape index (κ2) is 4.18. The van der Waals surface area contributed by atoms with Gasteiger partial charge in [0.05, 0.1) is 17.5 Å². The molecule has 0 amide bonds. The summed E-state index contributed by atoms with van der Waals surface area (Å²) in [5, 5.41) is 8.88. The lowest BCUT2D eigenvalue weighted by Crippen LogP contribution is -1.91. The van der Waals surface area contributed by atoms with Gasteiger partial charge < -0.3 is 0 Å². The first-order valence-electron chi connectivity index (χ1n) is 5.51. The lowest BCUT2D eigenvalue weighted by Gasteiger charge is -2.03. The monoisotopic (exact) mass is 255 g/mol. The summed E-state index contributed by atoms with van der Waals surface area (Å²) in [5.41, 5.74) is 1.97. The van der Waals surface area contributed by atoms with Crippen LogP contribution in [0.2, 0.25) is 0 Å². The van der Waals surface area contributed by atoms with Gasteiger partial charge in [-0.25, -0.2) is 13.8 Å². The molecule has 0 spiro atoms. The van der Waals surface area contributed by atoms with Crippen LogP contribution in [0.15, 0.2) is 42.7 Å². The van der Waals surface area contributed by atoms with Gasteiger partial charge in [0, 0.05) is 17.8 Å². The maximum absolute atomic E-state index is 13.2. The van der Waals surface area contributed by atoms with Crippen LogP contribution in [0.3, 0.4) is 0 Å². The van der Waals surface area contributed by atoms with E-state index in [1.54, 1.807) is 22.7 Å². The third-order valence-corrected chi connectivity index (χ3v) is 2.79. The molecule has 3 nitrogen and oxygen atoms in total. The molecule has 92 valence electrons. The molecule has 0 aliphatic heterocycles. The summed E-state index contributed by atoms with van der Waals surface area (Å²) in [5.74, 6) is -1.30. The SMILES string of the molecule is N#Cc1ccc2ncc(-c3cc(F)cc(F)c3)n2c1. The van der Waals surface area contributed by atoms with Gasteiger partial charge in [0.15, 0.2) is 0 Å². The highest BCUT2D eigenvalue weighted by atomic mass is 19.1. The van der Waals surface area contributed by atoms with E-state index in [0.717, 1.165) is 6.07 Å². The summed E-state index contributed by atoms with van der Waals surface area (Å²) < 4.78 is 28.1. The maximum atomic E-state index is 13.2. The van der Waals surface area contributed by atoms with Crippen LogP contribution in [-0.2, 0) is 0 Å². The van der Waals surface area contributed by atoms with Gasteiger partial charge >= 0.3 is 0 Å². The molecule has 3 aromatic rings. The fourth-order valence-electron chi connectivity index (χ4n) is 1.96. The van der Waals surface area contributed by atoms with E-state index < -0.39 is 11.6 Å². The molecule has 2 heterocycles. The predicted octanol–water partition coefficient (Wildman–Crippen LogP) is 3.15. The van der Waals surface area contributed by atoms with Crippen molar-refractivity contribution in [3.8, 4) is 17.3 Å². The van der Waals surface area contributed by atoms with Crippen LogP contribution in [0.4, 0.5) is 8.78 Å². The van der Waals surface area contributed by atoms with E-state index in [2.05, 4.69) is 4.98 Å². The molecule has 2 aromatic heterocycles. The quantitative estimate of drug-likeness (QED) is 0.670. The highest BCUT2D eigenvalue weighted by Gasteiger charge is 2.09. The molecule has 0 atom stereocenters. The minimum absolute atomic E-state index is 0.375. The van der Waals surface area contributed by atoms with Crippen molar-refractivity contribution in [3.05, 3.63) is 59.9 Å². The topological polar surface area (TPSA) is 41.1 Å². The Morgan fingerprint density at radius 3 is 2.53 bits per heavy atom. The Morgan fingerprint density at radius 1 is 1.11 bits per heavy atom. The van der Waals surface area contributed by atoms with E-state index in [1.807, 2.05) is 6.07 Å². The number of aromatic nitrogens is 2. The average molecular weight is 255 g/mol. The van der Waals surface area contributed by atoms with Gasteiger partial charge in [0.2, 0.25) is 0 Å². The van der Waals surface area contributed by atoms with Crippen LogP contribution >= 0.6 is 0 Å². The van der Waals surface area contributed by atoms with E-state index in [0.29, 0.717) is 22.5 Å². The van der Waals surface area contributed by atoms with Crippen LogP contribution in [0.1, 0.15) is 5.56 Å². The fourth-order valence-corrected chi connectivity index (χ4v) is 1.96. The van der Waals surface area contributed by atoms with Gasteiger partial charge in [-0.3, -0.25) is 4.40 Å². The van der Waals surface area contributed by atoms with Crippen molar-refractivity contribution in [3.63, 3.8) is 0 Å². The summed E-state index contributed by atoms with van der Waals surface area (Å²) in [4.78, 5) is 4.14. The Balaban J connectivity index is 2.27. The van der Waals surface area contributed by atoms with Crippen molar-refractivity contribution in [2.24, 2.45) is 0 Å². The number of pyridine rings is 1. The third kappa shape index (κ3) is 1.93. The first kappa shape index (κ1) is 11.4. The summed E-state index contributed by atoms with van der Waals surface area (Å²) in [6.45, 7) is 0. The van der Waals surface area contributed by atoms with Crippen molar-refractivity contribution in [1.29, 1.82) is 5.26 Å². The predicted molar refractivity (Wildman–Crippen MR) is 65.3 cm³/mol. The molecule has 0 saturated heterocycles.